The average molecular weight is 364 g/mol. The SMILES string of the molecule is CC(=O)C1=C(c2ccccc2Br)C(C(=O)O)=C(C)N(C)C1C. The van der Waals surface area contributed by atoms with Crippen molar-refractivity contribution in [3.8, 4) is 0 Å². The van der Waals surface area contributed by atoms with Gasteiger partial charge < -0.3 is 10.0 Å². The van der Waals surface area contributed by atoms with Crippen LogP contribution in [0, 0.1) is 0 Å². The van der Waals surface area contributed by atoms with Crippen molar-refractivity contribution in [3.63, 3.8) is 0 Å². The lowest BCUT2D eigenvalue weighted by atomic mass is 9.83. The fraction of sp³-hybridized carbons (Fsp3) is 0.294. The van der Waals surface area contributed by atoms with E-state index in [0.29, 0.717) is 16.8 Å². The molecule has 1 atom stereocenters. The van der Waals surface area contributed by atoms with Crippen molar-refractivity contribution in [3.05, 3.63) is 51.1 Å². The second kappa shape index (κ2) is 6.08. The molecule has 0 saturated heterocycles. The first-order valence-corrected chi connectivity index (χ1v) is 7.74. The van der Waals surface area contributed by atoms with Crippen molar-refractivity contribution in [1.29, 1.82) is 0 Å². The Hall–Kier alpha value is -1.88. The number of carbonyl (C=O) groups is 2. The Balaban J connectivity index is 2.90. The Morgan fingerprint density at radius 2 is 1.86 bits per heavy atom. The second-order valence-corrected chi connectivity index (χ2v) is 6.23. The van der Waals surface area contributed by atoms with E-state index in [9.17, 15) is 14.7 Å². The molecule has 1 unspecified atom stereocenters. The molecule has 0 aromatic heterocycles. The molecule has 0 saturated carbocycles. The van der Waals surface area contributed by atoms with E-state index in [2.05, 4.69) is 15.9 Å². The molecule has 0 aliphatic carbocycles. The number of aliphatic carboxylic acids is 1. The molecule has 22 heavy (non-hydrogen) atoms. The predicted octanol–water partition coefficient (Wildman–Crippen LogP) is 3.48. The van der Waals surface area contributed by atoms with Crippen LogP contribution < -0.4 is 0 Å². The monoisotopic (exact) mass is 363 g/mol. The highest BCUT2D eigenvalue weighted by molar-refractivity contribution is 9.10. The summed E-state index contributed by atoms with van der Waals surface area (Å²) in [5.41, 5.74) is 2.59. The zero-order valence-corrected chi connectivity index (χ0v) is 14.6. The summed E-state index contributed by atoms with van der Waals surface area (Å²) in [6, 6.07) is 7.19. The van der Waals surface area contributed by atoms with Crippen molar-refractivity contribution >= 4 is 33.3 Å². The van der Waals surface area contributed by atoms with Crippen molar-refractivity contribution in [2.24, 2.45) is 0 Å². The molecule has 1 aromatic rings. The van der Waals surface area contributed by atoms with Crippen LogP contribution in [0.25, 0.3) is 5.57 Å². The molecule has 0 radical (unpaired) electrons. The fourth-order valence-electron chi connectivity index (χ4n) is 2.86. The van der Waals surface area contributed by atoms with Crippen LogP contribution in [0.3, 0.4) is 0 Å². The fourth-order valence-corrected chi connectivity index (χ4v) is 3.34. The van der Waals surface area contributed by atoms with Crippen LogP contribution in [0.1, 0.15) is 26.3 Å². The van der Waals surface area contributed by atoms with Gasteiger partial charge >= 0.3 is 5.97 Å². The molecule has 1 aliphatic heterocycles. The van der Waals surface area contributed by atoms with Gasteiger partial charge in [0.25, 0.3) is 0 Å². The first kappa shape index (κ1) is 16.5. The Morgan fingerprint density at radius 1 is 1.27 bits per heavy atom. The zero-order chi connectivity index (χ0) is 16.6. The van der Waals surface area contributed by atoms with Gasteiger partial charge in [-0.3, -0.25) is 4.79 Å². The van der Waals surface area contributed by atoms with Crippen LogP contribution in [-0.4, -0.2) is 34.8 Å². The molecule has 0 fully saturated rings. The number of hydrogen-bond donors (Lipinski definition) is 1. The minimum Gasteiger partial charge on any atom is -0.478 e. The number of nitrogens with zero attached hydrogens (tertiary/aromatic N) is 1. The summed E-state index contributed by atoms with van der Waals surface area (Å²) in [6.07, 6.45) is 0. The largest absolute Gasteiger partial charge is 0.478 e. The summed E-state index contributed by atoms with van der Waals surface area (Å²) < 4.78 is 0.770. The van der Waals surface area contributed by atoms with Crippen molar-refractivity contribution in [2.45, 2.75) is 26.8 Å². The lowest BCUT2D eigenvalue weighted by molar-refractivity contribution is -0.132. The molecule has 0 spiro atoms. The molecule has 1 aromatic carbocycles. The number of carboxylic acids is 1. The number of carbonyl (C=O) groups excluding carboxylic acids is 1. The van der Waals surface area contributed by atoms with E-state index in [4.69, 9.17) is 0 Å². The van der Waals surface area contributed by atoms with Crippen LogP contribution in [0.2, 0.25) is 0 Å². The summed E-state index contributed by atoms with van der Waals surface area (Å²) in [5.74, 6) is -1.14. The molecule has 5 heteroatoms. The maximum Gasteiger partial charge on any atom is 0.338 e. The smallest absolute Gasteiger partial charge is 0.338 e. The predicted molar refractivity (Wildman–Crippen MR) is 89.3 cm³/mol. The lowest BCUT2D eigenvalue weighted by Gasteiger charge is -2.36. The van der Waals surface area contributed by atoms with Crippen LogP contribution in [-0.2, 0) is 9.59 Å². The molecule has 1 N–H and O–H groups in total. The van der Waals surface area contributed by atoms with Gasteiger partial charge in [-0.1, -0.05) is 34.1 Å². The van der Waals surface area contributed by atoms with Gasteiger partial charge in [0.1, 0.15) is 0 Å². The normalized spacial score (nSPS) is 18.8. The molecular weight excluding hydrogens is 346 g/mol. The number of carboxylic acid groups (broad SMARTS) is 1. The molecule has 1 heterocycles. The Bertz CT molecular complexity index is 718. The van der Waals surface area contributed by atoms with E-state index in [1.165, 1.54) is 6.92 Å². The molecule has 4 nitrogen and oxygen atoms in total. The maximum atomic E-state index is 12.2. The number of hydrogen-bond acceptors (Lipinski definition) is 3. The van der Waals surface area contributed by atoms with Gasteiger partial charge in [0.15, 0.2) is 5.78 Å². The number of allylic oxidation sites excluding steroid dienone is 1. The molecule has 0 amide bonds. The van der Waals surface area contributed by atoms with Crippen LogP contribution in [0.15, 0.2) is 45.6 Å². The standard InChI is InChI=1S/C17H18BrNO3/c1-9-14(11(3)20)16(12-7-5-6-8-13(12)18)15(17(21)22)10(2)19(9)4/h5-9H,1-4H3,(H,21,22). The van der Waals surface area contributed by atoms with E-state index >= 15 is 0 Å². The Morgan fingerprint density at radius 3 is 2.36 bits per heavy atom. The van der Waals surface area contributed by atoms with E-state index in [0.717, 1.165) is 10.0 Å². The van der Waals surface area contributed by atoms with Crippen molar-refractivity contribution < 1.29 is 14.7 Å². The first-order chi connectivity index (χ1) is 10.3. The highest BCUT2D eigenvalue weighted by Crippen LogP contribution is 2.40. The number of benzene rings is 1. The van der Waals surface area contributed by atoms with Crippen molar-refractivity contribution in [1.82, 2.24) is 4.90 Å². The van der Waals surface area contributed by atoms with Gasteiger partial charge in [0, 0.05) is 28.4 Å². The van der Waals surface area contributed by atoms with Crippen LogP contribution in [0.5, 0.6) is 0 Å². The molecule has 116 valence electrons. The summed E-state index contributed by atoms with van der Waals surface area (Å²) in [4.78, 5) is 25.9. The van der Waals surface area contributed by atoms with E-state index in [1.54, 1.807) is 6.92 Å². The summed E-state index contributed by atoms with van der Waals surface area (Å²) >= 11 is 3.47. The highest BCUT2D eigenvalue weighted by atomic mass is 79.9. The molecule has 0 bridgehead atoms. The first-order valence-electron chi connectivity index (χ1n) is 6.94. The molecule has 1 aliphatic rings. The summed E-state index contributed by atoms with van der Waals surface area (Å²) in [7, 11) is 1.81. The van der Waals surface area contributed by atoms with Gasteiger partial charge in [0.05, 0.1) is 11.6 Å². The lowest BCUT2D eigenvalue weighted by Crippen LogP contribution is -2.37. The third kappa shape index (κ3) is 2.61. The number of ketones is 1. The number of likely N-dealkylation sites (N-methyl/N-ethyl adjacent to an activating group) is 1. The third-order valence-corrected chi connectivity index (χ3v) is 4.84. The third-order valence-electron chi connectivity index (χ3n) is 4.15. The summed E-state index contributed by atoms with van der Waals surface area (Å²) in [5, 5.41) is 9.69. The number of rotatable bonds is 3. The zero-order valence-electron chi connectivity index (χ0n) is 13.0. The Kier molecular flexibility index (Phi) is 4.56. The van der Waals surface area contributed by atoms with Crippen LogP contribution in [0.4, 0.5) is 0 Å². The maximum absolute atomic E-state index is 12.2. The van der Waals surface area contributed by atoms with Gasteiger partial charge in [0.2, 0.25) is 0 Å². The molecular formula is C17H18BrNO3. The minimum absolute atomic E-state index is 0.114. The van der Waals surface area contributed by atoms with E-state index in [-0.39, 0.29) is 17.4 Å². The second-order valence-electron chi connectivity index (χ2n) is 5.38. The van der Waals surface area contributed by atoms with Gasteiger partial charge in [-0.2, -0.15) is 0 Å². The van der Waals surface area contributed by atoms with Gasteiger partial charge in [-0.15, -0.1) is 0 Å². The quantitative estimate of drug-likeness (QED) is 0.892. The van der Waals surface area contributed by atoms with Gasteiger partial charge in [-0.05, 0) is 32.4 Å². The van der Waals surface area contributed by atoms with Gasteiger partial charge in [-0.25, -0.2) is 4.79 Å². The number of Topliss-reactive ketones (excluding diaryl/α,β-unsaturated/α-hetero) is 1. The van der Waals surface area contributed by atoms with Crippen LogP contribution >= 0.6 is 15.9 Å². The van der Waals surface area contributed by atoms with E-state index < -0.39 is 5.97 Å². The average Bonchev–Trinajstić information content (AvgIpc) is 2.44. The number of halogens is 1. The topological polar surface area (TPSA) is 57.6 Å². The Labute approximate surface area is 138 Å². The molecule has 2 rings (SSSR count). The van der Waals surface area contributed by atoms with Crippen molar-refractivity contribution in [2.75, 3.05) is 7.05 Å². The minimum atomic E-state index is -1.03. The highest BCUT2D eigenvalue weighted by Gasteiger charge is 2.35. The summed E-state index contributed by atoms with van der Waals surface area (Å²) in [6.45, 7) is 5.17. The van der Waals surface area contributed by atoms with E-state index in [1.807, 2.05) is 43.1 Å².